The van der Waals surface area contributed by atoms with Crippen LogP contribution in [-0.2, 0) is 24.2 Å². The molecule has 0 heterocycles. The lowest BCUT2D eigenvalue weighted by atomic mass is 10.0. The van der Waals surface area contributed by atoms with Crippen LogP contribution in [0.25, 0.3) is 0 Å². The molecule has 0 aliphatic carbocycles. The molecule has 0 aromatic heterocycles. The predicted molar refractivity (Wildman–Crippen MR) is 136 cm³/mol. The quantitative estimate of drug-likeness (QED) is 0.337. The van der Waals surface area contributed by atoms with E-state index < -0.39 is 0 Å². The Bertz CT molecular complexity index is 965. The highest BCUT2D eigenvalue weighted by molar-refractivity contribution is 5.73. The first-order valence-electron chi connectivity index (χ1n) is 11.8. The first-order chi connectivity index (χ1) is 16.6. The molecule has 3 rings (SSSR count). The number of carbonyl (C=O) groups excluding carboxylic acids is 1. The number of rotatable bonds is 13. The number of phenols is 1. The van der Waals surface area contributed by atoms with Gasteiger partial charge in [-0.25, -0.2) is 4.79 Å². The van der Waals surface area contributed by atoms with E-state index in [2.05, 4.69) is 39.8 Å². The molecule has 0 aliphatic rings. The van der Waals surface area contributed by atoms with Gasteiger partial charge in [0.25, 0.3) is 0 Å². The fourth-order valence-corrected chi connectivity index (χ4v) is 3.68. The third kappa shape index (κ3) is 9.25. The maximum absolute atomic E-state index is 12.4. The van der Waals surface area contributed by atoms with E-state index in [1.54, 1.807) is 12.1 Å². The number of amides is 2. The Morgan fingerprint density at radius 3 is 2.21 bits per heavy atom. The van der Waals surface area contributed by atoms with Gasteiger partial charge in [-0.3, -0.25) is 4.90 Å². The number of phenolic OH excluding ortho intramolecular Hbond substituents is 1. The Kier molecular flexibility index (Phi) is 10.4. The van der Waals surface area contributed by atoms with Gasteiger partial charge in [-0.1, -0.05) is 72.8 Å². The average molecular weight is 462 g/mol. The Morgan fingerprint density at radius 1 is 0.882 bits per heavy atom. The van der Waals surface area contributed by atoms with Gasteiger partial charge in [-0.2, -0.15) is 0 Å². The lowest BCUT2D eigenvalue weighted by Gasteiger charge is -2.28. The zero-order valence-corrected chi connectivity index (χ0v) is 19.8. The number of benzene rings is 3. The van der Waals surface area contributed by atoms with Crippen LogP contribution in [0.15, 0.2) is 84.9 Å². The van der Waals surface area contributed by atoms with Gasteiger partial charge in [0.15, 0.2) is 0 Å². The molecule has 180 valence electrons. The van der Waals surface area contributed by atoms with Gasteiger partial charge in [0.05, 0.1) is 13.2 Å². The first kappa shape index (κ1) is 25.3. The summed E-state index contributed by atoms with van der Waals surface area (Å²) >= 11 is 0. The molecule has 1 atom stereocenters. The molecule has 0 fully saturated rings. The van der Waals surface area contributed by atoms with Crippen molar-refractivity contribution in [3.8, 4) is 5.75 Å². The molecule has 6 heteroatoms. The van der Waals surface area contributed by atoms with Crippen LogP contribution < -0.4 is 10.6 Å². The number of likely N-dealkylation sites (N-methyl/N-ethyl adjacent to an activating group) is 1. The molecule has 0 saturated heterocycles. The van der Waals surface area contributed by atoms with Gasteiger partial charge in [0.2, 0.25) is 0 Å². The highest BCUT2D eigenvalue weighted by atomic mass is 16.5. The Hall–Kier alpha value is -3.35. The van der Waals surface area contributed by atoms with Crippen molar-refractivity contribution in [2.45, 2.75) is 25.5 Å². The standard InChI is InChI=1S/C28H35N3O3/c1-31(18-19-34-22-25-10-6-3-7-11-25)26(20-24-12-14-27(32)15-13-24)21-30-28(33)29-17-16-23-8-4-2-5-9-23/h2-15,26,32H,16-22H2,1H3,(H2,29,30,33)/t26-/m0/s1. The molecule has 0 spiro atoms. The lowest BCUT2D eigenvalue weighted by Crippen LogP contribution is -2.47. The molecular weight excluding hydrogens is 426 g/mol. The van der Waals surface area contributed by atoms with Crippen LogP contribution in [0.2, 0.25) is 0 Å². The average Bonchev–Trinajstić information content (AvgIpc) is 2.86. The van der Waals surface area contributed by atoms with Crippen LogP contribution in [-0.4, -0.2) is 55.4 Å². The number of nitrogens with one attached hydrogen (secondary N) is 2. The van der Waals surface area contributed by atoms with Crippen molar-refractivity contribution in [3.05, 3.63) is 102 Å². The van der Waals surface area contributed by atoms with Crippen LogP contribution in [0.1, 0.15) is 16.7 Å². The number of nitrogens with zero attached hydrogens (tertiary/aromatic N) is 1. The second-order valence-electron chi connectivity index (χ2n) is 8.42. The first-order valence-corrected chi connectivity index (χ1v) is 11.8. The third-order valence-corrected chi connectivity index (χ3v) is 5.77. The summed E-state index contributed by atoms with van der Waals surface area (Å²) in [6.07, 6.45) is 1.55. The summed E-state index contributed by atoms with van der Waals surface area (Å²) in [6, 6.07) is 27.4. The number of carbonyl (C=O) groups is 1. The summed E-state index contributed by atoms with van der Waals surface area (Å²) in [7, 11) is 2.05. The maximum Gasteiger partial charge on any atom is 0.314 e. The van der Waals surface area contributed by atoms with E-state index in [0.29, 0.717) is 26.3 Å². The number of aromatic hydroxyl groups is 1. The second-order valence-corrected chi connectivity index (χ2v) is 8.42. The number of hydrogen-bond donors (Lipinski definition) is 3. The summed E-state index contributed by atoms with van der Waals surface area (Å²) in [5.41, 5.74) is 3.45. The summed E-state index contributed by atoms with van der Waals surface area (Å²) in [6.45, 7) is 3.02. The van der Waals surface area contributed by atoms with Crippen molar-refractivity contribution in [2.24, 2.45) is 0 Å². The normalized spacial score (nSPS) is 11.8. The zero-order chi connectivity index (χ0) is 24.0. The smallest absolute Gasteiger partial charge is 0.314 e. The van der Waals surface area contributed by atoms with Gasteiger partial charge >= 0.3 is 6.03 Å². The van der Waals surface area contributed by atoms with E-state index >= 15 is 0 Å². The second kappa shape index (κ2) is 14.0. The minimum absolute atomic E-state index is 0.0877. The minimum Gasteiger partial charge on any atom is -0.508 e. The molecule has 0 radical (unpaired) electrons. The van der Waals surface area contributed by atoms with E-state index in [1.165, 1.54) is 5.56 Å². The molecular formula is C28H35N3O3. The zero-order valence-electron chi connectivity index (χ0n) is 19.8. The van der Waals surface area contributed by atoms with Crippen LogP contribution in [0.3, 0.4) is 0 Å². The van der Waals surface area contributed by atoms with E-state index in [4.69, 9.17) is 4.74 Å². The third-order valence-electron chi connectivity index (χ3n) is 5.77. The van der Waals surface area contributed by atoms with Gasteiger partial charge in [-0.15, -0.1) is 0 Å². The Labute approximate surface area is 202 Å². The number of ether oxygens (including phenoxy) is 1. The molecule has 3 N–H and O–H groups in total. The molecule has 0 unspecified atom stereocenters. The van der Waals surface area contributed by atoms with Crippen molar-refractivity contribution < 1.29 is 14.6 Å². The van der Waals surface area contributed by atoms with Crippen LogP contribution >= 0.6 is 0 Å². The van der Waals surface area contributed by atoms with Gasteiger partial charge in [0, 0.05) is 25.7 Å². The topological polar surface area (TPSA) is 73.8 Å². The summed E-state index contributed by atoms with van der Waals surface area (Å²) in [5.74, 6) is 0.249. The van der Waals surface area contributed by atoms with Crippen LogP contribution in [0.4, 0.5) is 4.79 Å². The summed E-state index contributed by atoms with van der Waals surface area (Å²) in [5, 5.41) is 15.5. The fraction of sp³-hybridized carbons (Fsp3) is 0.321. The predicted octanol–water partition coefficient (Wildman–Crippen LogP) is 3.99. The van der Waals surface area contributed by atoms with Crippen molar-refractivity contribution in [2.75, 3.05) is 33.3 Å². The van der Waals surface area contributed by atoms with Crippen molar-refractivity contribution >= 4 is 6.03 Å². The maximum atomic E-state index is 12.4. The molecule has 6 nitrogen and oxygen atoms in total. The van der Waals surface area contributed by atoms with Gasteiger partial charge < -0.3 is 20.5 Å². The van der Waals surface area contributed by atoms with E-state index in [1.807, 2.05) is 55.6 Å². The lowest BCUT2D eigenvalue weighted by molar-refractivity contribution is 0.0876. The highest BCUT2D eigenvalue weighted by Crippen LogP contribution is 2.13. The Balaban J connectivity index is 1.46. The van der Waals surface area contributed by atoms with E-state index in [0.717, 1.165) is 30.5 Å². The summed E-state index contributed by atoms with van der Waals surface area (Å²) in [4.78, 5) is 14.6. The molecule has 3 aromatic carbocycles. The minimum atomic E-state index is -0.166. The van der Waals surface area contributed by atoms with E-state index in [-0.39, 0.29) is 17.8 Å². The van der Waals surface area contributed by atoms with Crippen molar-refractivity contribution in [1.82, 2.24) is 15.5 Å². The van der Waals surface area contributed by atoms with Crippen LogP contribution in [0.5, 0.6) is 5.75 Å². The summed E-state index contributed by atoms with van der Waals surface area (Å²) < 4.78 is 5.85. The largest absolute Gasteiger partial charge is 0.508 e. The molecule has 2 amide bonds. The van der Waals surface area contributed by atoms with Crippen molar-refractivity contribution in [3.63, 3.8) is 0 Å². The SMILES string of the molecule is CN(CCOCc1ccccc1)[C@H](CNC(=O)NCCc1ccccc1)Cc1ccc(O)cc1. The number of hydrogen-bond acceptors (Lipinski definition) is 4. The van der Waals surface area contributed by atoms with Gasteiger partial charge in [0.1, 0.15) is 5.75 Å². The molecule has 0 bridgehead atoms. The molecule has 0 saturated carbocycles. The van der Waals surface area contributed by atoms with Crippen LogP contribution in [0, 0.1) is 0 Å². The Morgan fingerprint density at radius 2 is 1.53 bits per heavy atom. The van der Waals surface area contributed by atoms with Gasteiger partial charge in [-0.05, 0) is 48.7 Å². The number of urea groups is 1. The molecule has 3 aromatic rings. The van der Waals surface area contributed by atoms with Crippen molar-refractivity contribution in [1.29, 1.82) is 0 Å². The molecule has 34 heavy (non-hydrogen) atoms. The fourth-order valence-electron chi connectivity index (χ4n) is 3.68. The monoisotopic (exact) mass is 461 g/mol. The highest BCUT2D eigenvalue weighted by Gasteiger charge is 2.17. The van der Waals surface area contributed by atoms with E-state index in [9.17, 15) is 9.90 Å². The molecule has 0 aliphatic heterocycles.